The number of hydrogen-bond acceptors (Lipinski definition) is 2. The molecule has 0 bridgehead atoms. The molecule has 0 aliphatic heterocycles. The van der Waals surface area contributed by atoms with Crippen molar-refractivity contribution in [2.75, 3.05) is 6.54 Å². The molecule has 3 rings (SSSR count). The Bertz CT molecular complexity index is 1100. The van der Waals surface area contributed by atoms with Crippen molar-refractivity contribution < 1.29 is 14.0 Å². The Hall–Kier alpha value is -3.47. The van der Waals surface area contributed by atoms with Gasteiger partial charge < -0.3 is 10.2 Å². The van der Waals surface area contributed by atoms with Crippen molar-refractivity contribution in [3.8, 4) is 0 Å². The minimum absolute atomic E-state index is 0.0337. The van der Waals surface area contributed by atoms with Crippen molar-refractivity contribution in [2.45, 2.75) is 52.6 Å². The minimum atomic E-state index is -0.749. The summed E-state index contributed by atoms with van der Waals surface area (Å²) < 4.78 is 14.6. The monoisotopic (exact) mass is 474 g/mol. The molecule has 0 aromatic heterocycles. The number of carbonyl (C=O) groups excluding carboxylic acids is 2. The van der Waals surface area contributed by atoms with E-state index in [1.807, 2.05) is 75.4 Å². The molecule has 0 aliphatic carbocycles. The van der Waals surface area contributed by atoms with Gasteiger partial charge in [-0.15, -0.1) is 0 Å². The molecule has 35 heavy (non-hydrogen) atoms. The Labute approximate surface area is 208 Å². The standard InChI is InChI=1S/C30H35FN2O2/c1-22(2)20-32-30(35)28(19-25-9-5-4-6-10-25)33(21-26-11-7-8-12-27(26)31)29(34)18-17-24-15-13-23(3)14-16-24/h4-16,22,28H,17-21H2,1-3H3,(H,32,35)/t28-/m0/s1. The Kier molecular flexibility index (Phi) is 9.59. The number of carbonyl (C=O) groups is 2. The second kappa shape index (κ2) is 12.8. The molecule has 0 spiro atoms. The van der Waals surface area contributed by atoms with E-state index in [1.54, 1.807) is 23.1 Å². The third-order valence-electron chi connectivity index (χ3n) is 6.00. The fourth-order valence-electron chi connectivity index (χ4n) is 3.94. The molecule has 0 unspecified atom stereocenters. The van der Waals surface area contributed by atoms with Gasteiger partial charge in [-0.05, 0) is 36.5 Å². The van der Waals surface area contributed by atoms with Crippen LogP contribution in [0.25, 0.3) is 0 Å². The average Bonchev–Trinajstić information content (AvgIpc) is 2.85. The van der Waals surface area contributed by atoms with Crippen LogP contribution in [0, 0.1) is 18.7 Å². The third-order valence-corrected chi connectivity index (χ3v) is 6.00. The maximum absolute atomic E-state index is 14.6. The highest BCUT2D eigenvalue weighted by molar-refractivity contribution is 5.88. The van der Waals surface area contributed by atoms with Crippen LogP contribution in [0.1, 0.15) is 42.5 Å². The van der Waals surface area contributed by atoms with Gasteiger partial charge in [0.15, 0.2) is 0 Å². The fourth-order valence-corrected chi connectivity index (χ4v) is 3.94. The zero-order chi connectivity index (χ0) is 25.2. The molecule has 2 amide bonds. The summed E-state index contributed by atoms with van der Waals surface area (Å²) >= 11 is 0. The summed E-state index contributed by atoms with van der Waals surface area (Å²) in [6, 6.07) is 23.4. The maximum Gasteiger partial charge on any atom is 0.243 e. The molecule has 0 saturated heterocycles. The molecule has 0 saturated carbocycles. The number of benzene rings is 3. The van der Waals surface area contributed by atoms with Gasteiger partial charge in [-0.2, -0.15) is 0 Å². The number of aryl methyl sites for hydroxylation is 2. The van der Waals surface area contributed by atoms with Gasteiger partial charge in [0.1, 0.15) is 11.9 Å². The number of rotatable bonds is 11. The van der Waals surface area contributed by atoms with Gasteiger partial charge in [0.2, 0.25) is 11.8 Å². The van der Waals surface area contributed by atoms with Crippen LogP contribution in [0.15, 0.2) is 78.9 Å². The lowest BCUT2D eigenvalue weighted by Crippen LogP contribution is -2.51. The van der Waals surface area contributed by atoms with Crippen LogP contribution in [-0.2, 0) is 29.0 Å². The van der Waals surface area contributed by atoms with Gasteiger partial charge in [-0.3, -0.25) is 9.59 Å². The SMILES string of the molecule is Cc1ccc(CCC(=O)N(Cc2ccccc2F)[C@@H](Cc2ccccc2)C(=O)NCC(C)C)cc1. The number of hydrogen-bond donors (Lipinski definition) is 1. The Balaban J connectivity index is 1.90. The van der Waals surface area contributed by atoms with Crippen LogP contribution in [0.5, 0.6) is 0 Å². The molecule has 1 N–H and O–H groups in total. The van der Waals surface area contributed by atoms with Gasteiger partial charge >= 0.3 is 0 Å². The van der Waals surface area contributed by atoms with E-state index in [1.165, 1.54) is 6.07 Å². The Morgan fingerprint density at radius 2 is 1.54 bits per heavy atom. The topological polar surface area (TPSA) is 49.4 Å². The minimum Gasteiger partial charge on any atom is -0.354 e. The van der Waals surface area contributed by atoms with Gasteiger partial charge in [-0.25, -0.2) is 4.39 Å². The molecule has 0 radical (unpaired) electrons. The van der Waals surface area contributed by atoms with Crippen LogP contribution in [0.4, 0.5) is 4.39 Å². The normalized spacial score (nSPS) is 11.8. The average molecular weight is 475 g/mol. The molecule has 1 atom stereocenters. The van der Waals surface area contributed by atoms with E-state index >= 15 is 0 Å². The van der Waals surface area contributed by atoms with Gasteiger partial charge in [0.25, 0.3) is 0 Å². The van der Waals surface area contributed by atoms with E-state index < -0.39 is 6.04 Å². The summed E-state index contributed by atoms with van der Waals surface area (Å²) in [7, 11) is 0. The van der Waals surface area contributed by atoms with Crippen LogP contribution < -0.4 is 5.32 Å². The maximum atomic E-state index is 14.6. The summed E-state index contributed by atoms with van der Waals surface area (Å²) in [5.41, 5.74) is 3.55. The summed E-state index contributed by atoms with van der Waals surface area (Å²) in [4.78, 5) is 28.5. The molecule has 184 valence electrons. The lowest BCUT2D eigenvalue weighted by Gasteiger charge is -2.32. The number of amides is 2. The van der Waals surface area contributed by atoms with Crippen molar-refractivity contribution >= 4 is 11.8 Å². The summed E-state index contributed by atoms with van der Waals surface area (Å²) in [5.74, 6) is -0.504. The first-order valence-corrected chi connectivity index (χ1v) is 12.2. The van der Waals surface area contributed by atoms with Crippen molar-refractivity contribution in [3.63, 3.8) is 0 Å². The van der Waals surface area contributed by atoms with E-state index in [2.05, 4.69) is 5.32 Å². The van der Waals surface area contributed by atoms with Gasteiger partial charge in [-0.1, -0.05) is 92.2 Å². The molecule has 0 heterocycles. The van der Waals surface area contributed by atoms with E-state index in [9.17, 15) is 14.0 Å². The first-order chi connectivity index (χ1) is 16.8. The molecular weight excluding hydrogens is 439 g/mol. The van der Waals surface area contributed by atoms with E-state index in [4.69, 9.17) is 0 Å². The summed E-state index contributed by atoms with van der Waals surface area (Å²) in [5, 5.41) is 2.99. The molecule has 3 aromatic rings. The second-order valence-corrected chi connectivity index (χ2v) is 9.44. The largest absolute Gasteiger partial charge is 0.354 e. The summed E-state index contributed by atoms with van der Waals surface area (Å²) in [6.07, 6.45) is 1.15. The molecule has 3 aromatic carbocycles. The van der Waals surface area contributed by atoms with Crippen LogP contribution in [-0.4, -0.2) is 29.3 Å². The van der Waals surface area contributed by atoms with E-state index in [0.29, 0.717) is 24.9 Å². The first kappa shape index (κ1) is 26.1. The lowest BCUT2D eigenvalue weighted by atomic mass is 10.0. The van der Waals surface area contributed by atoms with Crippen LogP contribution in [0.3, 0.4) is 0 Å². The van der Waals surface area contributed by atoms with Crippen molar-refractivity contribution in [1.29, 1.82) is 0 Å². The zero-order valence-corrected chi connectivity index (χ0v) is 20.8. The first-order valence-electron chi connectivity index (χ1n) is 12.2. The van der Waals surface area contributed by atoms with E-state index in [-0.39, 0.29) is 36.5 Å². The number of nitrogens with one attached hydrogen (secondary N) is 1. The summed E-state index contributed by atoms with van der Waals surface area (Å²) in [6.45, 7) is 6.61. The number of nitrogens with zero attached hydrogens (tertiary/aromatic N) is 1. The fraction of sp³-hybridized carbons (Fsp3) is 0.333. The molecular formula is C30H35FN2O2. The van der Waals surface area contributed by atoms with Crippen molar-refractivity contribution in [3.05, 3.63) is 107 Å². The van der Waals surface area contributed by atoms with Crippen molar-refractivity contribution in [1.82, 2.24) is 10.2 Å². The Morgan fingerprint density at radius 1 is 0.886 bits per heavy atom. The van der Waals surface area contributed by atoms with Crippen LogP contribution >= 0.6 is 0 Å². The molecule has 4 nitrogen and oxygen atoms in total. The zero-order valence-electron chi connectivity index (χ0n) is 20.8. The predicted octanol–water partition coefficient (Wildman–Crippen LogP) is 5.48. The highest BCUT2D eigenvalue weighted by Crippen LogP contribution is 2.19. The predicted molar refractivity (Wildman–Crippen MR) is 138 cm³/mol. The molecule has 0 aliphatic rings. The highest BCUT2D eigenvalue weighted by atomic mass is 19.1. The third kappa shape index (κ3) is 8.06. The second-order valence-electron chi connectivity index (χ2n) is 9.44. The lowest BCUT2D eigenvalue weighted by molar-refractivity contribution is -0.141. The van der Waals surface area contributed by atoms with E-state index in [0.717, 1.165) is 16.7 Å². The molecule has 0 fully saturated rings. The number of halogens is 1. The van der Waals surface area contributed by atoms with Gasteiger partial charge in [0, 0.05) is 31.5 Å². The van der Waals surface area contributed by atoms with Crippen molar-refractivity contribution in [2.24, 2.45) is 5.92 Å². The highest BCUT2D eigenvalue weighted by Gasteiger charge is 2.30. The molecule has 5 heteroatoms. The van der Waals surface area contributed by atoms with Crippen LogP contribution in [0.2, 0.25) is 0 Å². The quantitative estimate of drug-likeness (QED) is 0.400. The Morgan fingerprint density at radius 3 is 2.20 bits per heavy atom. The smallest absolute Gasteiger partial charge is 0.243 e. The van der Waals surface area contributed by atoms with Gasteiger partial charge in [0.05, 0.1) is 0 Å².